The highest BCUT2D eigenvalue weighted by molar-refractivity contribution is 9.10. The molecule has 2 fully saturated rings. The second-order valence-corrected chi connectivity index (χ2v) is 7.62. The first-order valence-corrected chi connectivity index (χ1v) is 8.92. The van der Waals surface area contributed by atoms with Gasteiger partial charge in [0.05, 0.1) is 15.6 Å². The fourth-order valence-corrected chi connectivity index (χ4v) is 4.86. The number of rotatable bonds is 1. The van der Waals surface area contributed by atoms with Crippen molar-refractivity contribution in [3.05, 3.63) is 22.1 Å². The summed E-state index contributed by atoms with van der Waals surface area (Å²) in [4.78, 5) is 20.0. The van der Waals surface area contributed by atoms with Gasteiger partial charge in [0.1, 0.15) is 4.83 Å². The van der Waals surface area contributed by atoms with Gasteiger partial charge in [0, 0.05) is 31.2 Å². The van der Waals surface area contributed by atoms with Crippen molar-refractivity contribution >= 4 is 49.1 Å². The van der Waals surface area contributed by atoms with E-state index in [1.165, 1.54) is 11.1 Å². The van der Waals surface area contributed by atoms with E-state index in [2.05, 4.69) is 42.6 Å². The fraction of sp³-hybridized carbons (Fsp3) is 0.467. The number of carbonyl (C=O) groups is 1. The molecule has 2 aromatic rings. The van der Waals surface area contributed by atoms with Gasteiger partial charge in [-0.25, -0.2) is 4.98 Å². The molecule has 21 heavy (non-hydrogen) atoms. The zero-order valence-corrected chi connectivity index (χ0v) is 14.0. The van der Waals surface area contributed by atoms with E-state index in [9.17, 15) is 4.79 Å². The van der Waals surface area contributed by atoms with Crippen LogP contribution in [0.25, 0.3) is 10.2 Å². The number of thiophene rings is 1. The quantitative estimate of drug-likeness (QED) is 0.843. The molecule has 1 N–H and O–H groups in total. The Bertz CT molecular complexity index is 706. The SMILES string of the molecule is O=C1NCCC12CCN(c1c(Br)cnc3sccc13)CC2. The number of aromatic nitrogens is 1. The number of hydrogen-bond acceptors (Lipinski definition) is 4. The van der Waals surface area contributed by atoms with Gasteiger partial charge in [-0.05, 0) is 46.6 Å². The van der Waals surface area contributed by atoms with Crippen LogP contribution in [0.5, 0.6) is 0 Å². The third-order valence-electron chi connectivity index (χ3n) is 4.83. The minimum absolute atomic E-state index is 0.107. The summed E-state index contributed by atoms with van der Waals surface area (Å²) >= 11 is 5.32. The van der Waals surface area contributed by atoms with Crippen molar-refractivity contribution in [2.24, 2.45) is 5.41 Å². The maximum absolute atomic E-state index is 12.1. The molecular weight excluding hydrogens is 350 g/mol. The van der Waals surface area contributed by atoms with Crippen LogP contribution >= 0.6 is 27.3 Å². The fourth-order valence-electron chi connectivity index (χ4n) is 3.56. The minimum Gasteiger partial charge on any atom is -0.370 e. The zero-order chi connectivity index (χ0) is 14.4. The van der Waals surface area contributed by atoms with Crippen LogP contribution in [0, 0.1) is 5.41 Å². The van der Waals surface area contributed by atoms with Gasteiger partial charge in [0.15, 0.2) is 0 Å². The molecule has 1 amide bonds. The molecular formula is C15H16BrN3OS. The molecule has 4 heterocycles. The summed E-state index contributed by atoms with van der Waals surface area (Å²) in [6.45, 7) is 2.70. The Kier molecular flexibility index (Phi) is 3.19. The van der Waals surface area contributed by atoms with Gasteiger partial charge in [-0.3, -0.25) is 4.79 Å². The first-order chi connectivity index (χ1) is 10.2. The summed E-state index contributed by atoms with van der Waals surface area (Å²) in [5.41, 5.74) is 1.12. The van der Waals surface area contributed by atoms with Gasteiger partial charge >= 0.3 is 0 Å². The summed E-state index contributed by atoms with van der Waals surface area (Å²) in [7, 11) is 0. The van der Waals surface area contributed by atoms with E-state index in [0.29, 0.717) is 0 Å². The lowest BCUT2D eigenvalue weighted by atomic mass is 9.77. The van der Waals surface area contributed by atoms with E-state index in [-0.39, 0.29) is 11.3 Å². The highest BCUT2D eigenvalue weighted by atomic mass is 79.9. The van der Waals surface area contributed by atoms with Gasteiger partial charge < -0.3 is 10.2 Å². The largest absolute Gasteiger partial charge is 0.370 e. The van der Waals surface area contributed by atoms with E-state index in [1.54, 1.807) is 11.3 Å². The summed E-state index contributed by atoms with van der Waals surface area (Å²) < 4.78 is 1.04. The molecule has 1 spiro atoms. The van der Waals surface area contributed by atoms with Crippen LogP contribution in [-0.2, 0) is 4.79 Å². The number of fused-ring (bicyclic) bond motifs is 1. The van der Waals surface area contributed by atoms with Crippen LogP contribution in [0.4, 0.5) is 5.69 Å². The van der Waals surface area contributed by atoms with E-state index < -0.39 is 0 Å². The van der Waals surface area contributed by atoms with Gasteiger partial charge in [-0.2, -0.15) is 0 Å². The lowest BCUT2D eigenvalue weighted by Crippen LogP contribution is -2.44. The lowest BCUT2D eigenvalue weighted by molar-refractivity contribution is -0.128. The first-order valence-electron chi connectivity index (χ1n) is 7.25. The molecule has 0 atom stereocenters. The summed E-state index contributed by atoms with van der Waals surface area (Å²) in [5, 5.41) is 6.29. The Hall–Kier alpha value is -1.14. The van der Waals surface area contributed by atoms with Crippen molar-refractivity contribution in [3.63, 3.8) is 0 Å². The predicted molar refractivity (Wildman–Crippen MR) is 88.8 cm³/mol. The first kappa shape index (κ1) is 13.5. The predicted octanol–water partition coefficient (Wildman–Crippen LogP) is 3.17. The van der Waals surface area contributed by atoms with Gasteiger partial charge in [-0.1, -0.05) is 0 Å². The zero-order valence-electron chi connectivity index (χ0n) is 11.6. The Labute approximate surface area is 135 Å². The van der Waals surface area contributed by atoms with Crippen molar-refractivity contribution in [2.45, 2.75) is 19.3 Å². The molecule has 110 valence electrons. The van der Waals surface area contributed by atoms with Crippen LogP contribution in [0.1, 0.15) is 19.3 Å². The standard InChI is InChI=1S/C15H16BrN3OS/c16-11-9-18-13-10(1-8-21-13)12(11)19-6-3-15(4-7-19)2-5-17-14(15)20/h1,8-9H,2-7H2,(H,17,20). The molecule has 0 radical (unpaired) electrons. The molecule has 2 aliphatic rings. The number of anilines is 1. The van der Waals surface area contributed by atoms with Crippen LogP contribution in [0.2, 0.25) is 0 Å². The monoisotopic (exact) mass is 365 g/mol. The van der Waals surface area contributed by atoms with E-state index in [4.69, 9.17) is 0 Å². The minimum atomic E-state index is -0.107. The smallest absolute Gasteiger partial charge is 0.226 e. The van der Waals surface area contributed by atoms with E-state index >= 15 is 0 Å². The number of amides is 1. The molecule has 0 aliphatic carbocycles. The van der Waals surface area contributed by atoms with Crippen molar-refractivity contribution in [3.8, 4) is 0 Å². The molecule has 0 aromatic carbocycles. The number of halogens is 1. The average Bonchev–Trinajstić information content (AvgIpc) is 3.09. The molecule has 2 saturated heterocycles. The lowest BCUT2D eigenvalue weighted by Gasteiger charge is -2.39. The summed E-state index contributed by atoms with van der Waals surface area (Å²) in [6, 6.07) is 2.14. The number of nitrogens with zero attached hydrogens (tertiary/aromatic N) is 2. The van der Waals surface area contributed by atoms with Gasteiger partial charge in [-0.15, -0.1) is 11.3 Å². The number of pyridine rings is 1. The molecule has 0 bridgehead atoms. The van der Waals surface area contributed by atoms with Crippen molar-refractivity contribution < 1.29 is 4.79 Å². The summed E-state index contributed by atoms with van der Waals surface area (Å²) in [6.07, 6.45) is 4.77. The third-order valence-corrected chi connectivity index (χ3v) is 6.23. The Balaban J connectivity index is 1.65. The van der Waals surface area contributed by atoms with Gasteiger partial charge in [0.25, 0.3) is 0 Å². The number of nitrogens with one attached hydrogen (secondary N) is 1. The number of carbonyl (C=O) groups excluding carboxylic acids is 1. The molecule has 0 saturated carbocycles. The third kappa shape index (κ3) is 2.07. The van der Waals surface area contributed by atoms with E-state index in [1.807, 2.05) is 6.20 Å². The molecule has 2 aromatic heterocycles. The van der Waals surface area contributed by atoms with Crippen molar-refractivity contribution in [1.82, 2.24) is 10.3 Å². The number of piperidine rings is 1. The van der Waals surface area contributed by atoms with Crippen LogP contribution < -0.4 is 10.2 Å². The average molecular weight is 366 g/mol. The van der Waals surface area contributed by atoms with E-state index in [0.717, 1.165) is 48.2 Å². The highest BCUT2D eigenvalue weighted by Gasteiger charge is 2.44. The Morgan fingerprint density at radius 1 is 1.33 bits per heavy atom. The summed E-state index contributed by atoms with van der Waals surface area (Å²) in [5.74, 6) is 0.261. The molecule has 0 unspecified atom stereocenters. The molecule has 2 aliphatic heterocycles. The maximum atomic E-state index is 12.1. The molecule has 4 nitrogen and oxygen atoms in total. The van der Waals surface area contributed by atoms with Crippen LogP contribution in [-0.4, -0.2) is 30.5 Å². The topological polar surface area (TPSA) is 45.2 Å². The molecule has 6 heteroatoms. The normalized spacial score (nSPS) is 21.2. The molecule has 4 rings (SSSR count). The Morgan fingerprint density at radius 3 is 2.86 bits per heavy atom. The number of hydrogen-bond donors (Lipinski definition) is 1. The highest BCUT2D eigenvalue weighted by Crippen LogP contribution is 2.42. The van der Waals surface area contributed by atoms with Crippen molar-refractivity contribution in [2.75, 3.05) is 24.5 Å². The van der Waals surface area contributed by atoms with Crippen molar-refractivity contribution in [1.29, 1.82) is 0 Å². The second kappa shape index (κ2) is 4.95. The van der Waals surface area contributed by atoms with Crippen LogP contribution in [0.15, 0.2) is 22.1 Å². The maximum Gasteiger partial charge on any atom is 0.226 e. The Morgan fingerprint density at radius 2 is 2.14 bits per heavy atom. The second-order valence-electron chi connectivity index (χ2n) is 5.87. The van der Waals surface area contributed by atoms with Gasteiger partial charge in [0.2, 0.25) is 5.91 Å². The van der Waals surface area contributed by atoms with Crippen LogP contribution in [0.3, 0.4) is 0 Å².